The number of rotatable bonds is 4. The Hall–Kier alpha value is -0.980. The molecule has 1 aromatic heterocycles. The summed E-state index contributed by atoms with van der Waals surface area (Å²) in [6, 6.07) is 3.48. The molecule has 2 heterocycles. The first kappa shape index (κ1) is 14.4. The molecule has 5 nitrogen and oxygen atoms in total. The Labute approximate surface area is 115 Å². The summed E-state index contributed by atoms with van der Waals surface area (Å²) in [6.07, 6.45) is 4.58. The minimum atomic E-state index is -3.44. The zero-order valence-electron chi connectivity index (χ0n) is 11.5. The predicted octanol–water partition coefficient (Wildman–Crippen LogP) is 1.36. The third-order valence-electron chi connectivity index (χ3n) is 3.49. The normalized spacial score (nSPS) is 21.5. The van der Waals surface area contributed by atoms with Crippen LogP contribution in [0.4, 0.5) is 0 Å². The van der Waals surface area contributed by atoms with Crippen molar-refractivity contribution in [2.45, 2.75) is 43.8 Å². The maximum absolute atomic E-state index is 12.5. The largest absolute Gasteiger partial charge is 0.316 e. The molecular formula is C13H21N3O2S. The van der Waals surface area contributed by atoms with E-state index in [1.807, 2.05) is 20.0 Å². The van der Waals surface area contributed by atoms with E-state index in [0.29, 0.717) is 13.1 Å². The van der Waals surface area contributed by atoms with Gasteiger partial charge in [0.2, 0.25) is 0 Å². The van der Waals surface area contributed by atoms with Gasteiger partial charge in [0.25, 0.3) is 10.0 Å². The quantitative estimate of drug-likeness (QED) is 0.906. The van der Waals surface area contributed by atoms with Crippen LogP contribution in [0.1, 0.15) is 31.7 Å². The van der Waals surface area contributed by atoms with Gasteiger partial charge in [-0.3, -0.25) is 0 Å². The number of piperidine rings is 1. The average Bonchev–Trinajstić information content (AvgIpc) is 2.40. The van der Waals surface area contributed by atoms with Crippen molar-refractivity contribution in [3.05, 3.63) is 23.9 Å². The Morgan fingerprint density at radius 1 is 1.42 bits per heavy atom. The summed E-state index contributed by atoms with van der Waals surface area (Å²) in [7, 11) is -1.59. The number of aromatic nitrogens is 1. The molecule has 6 heteroatoms. The van der Waals surface area contributed by atoms with Crippen molar-refractivity contribution in [2.75, 3.05) is 13.6 Å². The zero-order valence-corrected chi connectivity index (χ0v) is 12.3. The van der Waals surface area contributed by atoms with E-state index >= 15 is 0 Å². The monoisotopic (exact) mass is 283 g/mol. The van der Waals surface area contributed by atoms with Gasteiger partial charge in [0.05, 0.1) is 0 Å². The molecule has 0 radical (unpaired) electrons. The number of hydrogen-bond acceptors (Lipinski definition) is 4. The third kappa shape index (κ3) is 3.13. The highest BCUT2D eigenvalue weighted by Crippen LogP contribution is 2.23. The van der Waals surface area contributed by atoms with Gasteiger partial charge in [-0.05, 0) is 38.4 Å². The molecule has 0 bridgehead atoms. The van der Waals surface area contributed by atoms with E-state index in [9.17, 15) is 8.42 Å². The molecule has 1 unspecified atom stereocenters. The molecule has 1 saturated heterocycles. The third-order valence-corrected chi connectivity index (χ3v) is 5.42. The predicted molar refractivity (Wildman–Crippen MR) is 74.2 cm³/mol. The molecule has 1 aromatic rings. The van der Waals surface area contributed by atoms with Gasteiger partial charge in [-0.15, -0.1) is 0 Å². The zero-order chi connectivity index (χ0) is 13.9. The van der Waals surface area contributed by atoms with Gasteiger partial charge in [0.1, 0.15) is 0 Å². The molecular weight excluding hydrogens is 262 g/mol. The standard InChI is InChI=1S/C13H21N3O2S/c1-11-5-3-4-8-16(11)19(17,18)13-7-6-12(9-14-2)10-15-13/h6-7,10-11,14H,3-5,8-9H2,1-2H3. The molecule has 0 saturated carbocycles. The fourth-order valence-electron chi connectivity index (χ4n) is 2.42. The first-order valence-corrected chi connectivity index (χ1v) is 8.11. The molecule has 0 aliphatic carbocycles. The second-order valence-corrected chi connectivity index (χ2v) is 6.83. The highest BCUT2D eigenvalue weighted by atomic mass is 32.2. The summed E-state index contributed by atoms with van der Waals surface area (Å²) in [5.74, 6) is 0. The van der Waals surface area contributed by atoms with Gasteiger partial charge in [-0.2, -0.15) is 4.31 Å². The number of nitrogens with one attached hydrogen (secondary N) is 1. The van der Waals surface area contributed by atoms with Crippen molar-refractivity contribution in [1.29, 1.82) is 0 Å². The van der Waals surface area contributed by atoms with Crippen molar-refractivity contribution in [3.63, 3.8) is 0 Å². The molecule has 1 aliphatic heterocycles. The second-order valence-electron chi connectivity index (χ2n) is 5.00. The minimum Gasteiger partial charge on any atom is -0.316 e. The Kier molecular flexibility index (Phi) is 4.54. The molecule has 0 aromatic carbocycles. The van der Waals surface area contributed by atoms with E-state index in [-0.39, 0.29) is 11.1 Å². The Bertz CT molecular complexity index is 513. The molecule has 19 heavy (non-hydrogen) atoms. The number of hydrogen-bond donors (Lipinski definition) is 1. The lowest BCUT2D eigenvalue weighted by molar-refractivity contribution is 0.268. The van der Waals surface area contributed by atoms with Crippen molar-refractivity contribution in [2.24, 2.45) is 0 Å². The number of nitrogens with zero attached hydrogens (tertiary/aromatic N) is 2. The number of pyridine rings is 1. The molecule has 1 fully saturated rings. The van der Waals surface area contributed by atoms with Gasteiger partial charge in [0, 0.05) is 25.3 Å². The van der Waals surface area contributed by atoms with Gasteiger partial charge < -0.3 is 5.32 Å². The molecule has 0 spiro atoms. The highest BCUT2D eigenvalue weighted by Gasteiger charge is 2.31. The van der Waals surface area contributed by atoms with Crippen LogP contribution in [0.2, 0.25) is 0 Å². The molecule has 1 aliphatic rings. The van der Waals surface area contributed by atoms with Gasteiger partial charge >= 0.3 is 0 Å². The summed E-state index contributed by atoms with van der Waals surface area (Å²) in [6.45, 7) is 3.25. The van der Waals surface area contributed by atoms with E-state index in [2.05, 4.69) is 10.3 Å². The highest BCUT2D eigenvalue weighted by molar-refractivity contribution is 7.89. The van der Waals surface area contributed by atoms with Crippen LogP contribution in [0.25, 0.3) is 0 Å². The van der Waals surface area contributed by atoms with Crippen molar-refractivity contribution < 1.29 is 8.42 Å². The Balaban J connectivity index is 2.23. The van der Waals surface area contributed by atoms with Crippen molar-refractivity contribution in [3.8, 4) is 0 Å². The lowest BCUT2D eigenvalue weighted by Gasteiger charge is -2.31. The van der Waals surface area contributed by atoms with E-state index < -0.39 is 10.0 Å². The number of sulfonamides is 1. The maximum Gasteiger partial charge on any atom is 0.260 e. The van der Waals surface area contributed by atoms with Crippen LogP contribution >= 0.6 is 0 Å². The minimum absolute atomic E-state index is 0.0672. The molecule has 2 rings (SSSR count). The van der Waals surface area contributed by atoms with Crippen LogP contribution in [0.15, 0.2) is 23.4 Å². The summed E-state index contributed by atoms with van der Waals surface area (Å²) in [5, 5.41) is 3.17. The first-order chi connectivity index (χ1) is 9.05. The second kappa shape index (κ2) is 5.98. The summed E-state index contributed by atoms with van der Waals surface area (Å²) in [5.41, 5.74) is 0.980. The van der Waals surface area contributed by atoms with Gasteiger partial charge in [-0.25, -0.2) is 13.4 Å². The van der Waals surface area contributed by atoms with E-state index in [4.69, 9.17) is 0 Å². The van der Waals surface area contributed by atoms with E-state index in [1.165, 1.54) is 0 Å². The van der Waals surface area contributed by atoms with Crippen LogP contribution in [0.3, 0.4) is 0 Å². The lowest BCUT2D eigenvalue weighted by Crippen LogP contribution is -2.42. The molecule has 1 atom stereocenters. The Morgan fingerprint density at radius 3 is 2.79 bits per heavy atom. The lowest BCUT2D eigenvalue weighted by atomic mass is 10.1. The molecule has 0 amide bonds. The topological polar surface area (TPSA) is 62.3 Å². The van der Waals surface area contributed by atoms with Crippen LogP contribution in [-0.2, 0) is 16.6 Å². The molecule has 106 valence electrons. The van der Waals surface area contributed by atoms with Crippen molar-refractivity contribution >= 4 is 10.0 Å². The fraction of sp³-hybridized carbons (Fsp3) is 0.615. The van der Waals surface area contributed by atoms with E-state index in [0.717, 1.165) is 24.8 Å². The van der Waals surface area contributed by atoms with Crippen LogP contribution in [-0.4, -0.2) is 37.3 Å². The summed E-state index contributed by atoms with van der Waals surface area (Å²) < 4.78 is 26.6. The first-order valence-electron chi connectivity index (χ1n) is 6.67. The fourth-order valence-corrected chi connectivity index (χ4v) is 4.04. The van der Waals surface area contributed by atoms with Crippen LogP contribution in [0.5, 0.6) is 0 Å². The van der Waals surface area contributed by atoms with Gasteiger partial charge in [-0.1, -0.05) is 12.5 Å². The van der Waals surface area contributed by atoms with E-state index in [1.54, 1.807) is 16.6 Å². The molecule has 1 N–H and O–H groups in total. The van der Waals surface area contributed by atoms with Crippen molar-refractivity contribution in [1.82, 2.24) is 14.6 Å². The summed E-state index contributed by atoms with van der Waals surface area (Å²) in [4.78, 5) is 4.11. The van der Waals surface area contributed by atoms with Crippen LogP contribution in [0, 0.1) is 0 Å². The average molecular weight is 283 g/mol. The smallest absolute Gasteiger partial charge is 0.260 e. The van der Waals surface area contributed by atoms with Gasteiger partial charge in [0.15, 0.2) is 5.03 Å². The maximum atomic E-state index is 12.5. The Morgan fingerprint density at radius 2 is 2.21 bits per heavy atom. The SMILES string of the molecule is CNCc1ccc(S(=O)(=O)N2CCCCC2C)nc1. The summed E-state index contributed by atoms with van der Waals surface area (Å²) >= 11 is 0. The van der Waals surface area contributed by atoms with Crippen LogP contribution < -0.4 is 5.32 Å².